The van der Waals surface area contributed by atoms with Crippen molar-refractivity contribution in [1.29, 1.82) is 0 Å². The first-order valence-electron chi connectivity index (χ1n) is 3.84. The molecule has 12 heavy (non-hydrogen) atoms. The third-order valence-electron chi connectivity index (χ3n) is 1.96. The lowest BCUT2D eigenvalue weighted by atomic mass is 10.1. The highest BCUT2D eigenvalue weighted by molar-refractivity contribution is 5.96. The van der Waals surface area contributed by atoms with Crippen molar-refractivity contribution >= 4 is 12.1 Å². The number of carbonyl (C=O) groups is 2. The third-order valence-corrected chi connectivity index (χ3v) is 1.96. The van der Waals surface area contributed by atoms with E-state index in [-0.39, 0.29) is 12.2 Å². The summed E-state index contributed by atoms with van der Waals surface area (Å²) in [7, 11) is 0. The highest BCUT2D eigenvalue weighted by atomic mass is 16.2. The fourth-order valence-electron chi connectivity index (χ4n) is 1.39. The van der Waals surface area contributed by atoms with Crippen LogP contribution in [0.3, 0.4) is 0 Å². The van der Waals surface area contributed by atoms with Crippen LogP contribution in [-0.2, 0) is 0 Å². The van der Waals surface area contributed by atoms with Crippen LogP contribution in [0.4, 0.5) is 9.59 Å². The lowest BCUT2D eigenvalue weighted by Gasteiger charge is -2.35. The maximum absolute atomic E-state index is 11.1. The molecule has 2 aliphatic heterocycles. The van der Waals surface area contributed by atoms with Crippen molar-refractivity contribution in [2.75, 3.05) is 0 Å². The van der Waals surface area contributed by atoms with Crippen molar-refractivity contribution in [3.05, 3.63) is 12.3 Å². The van der Waals surface area contributed by atoms with Crippen LogP contribution in [0.1, 0.15) is 12.8 Å². The number of amides is 4. The second-order valence-corrected chi connectivity index (χ2v) is 2.79. The number of allylic oxidation sites excluding steroid dienone is 1. The molecule has 0 saturated carbocycles. The molecule has 2 heterocycles. The van der Waals surface area contributed by atoms with Crippen molar-refractivity contribution in [1.82, 2.24) is 15.5 Å². The molecule has 1 atom stereocenters. The minimum absolute atomic E-state index is 0.156. The van der Waals surface area contributed by atoms with Crippen molar-refractivity contribution < 1.29 is 9.59 Å². The molecule has 4 amide bonds. The number of nitrogens with one attached hydrogen (secondary N) is 2. The number of hydrogen-bond acceptors (Lipinski definition) is 2. The molecule has 1 saturated heterocycles. The Hall–Kier alpha value is -1.52. The van der Waals surface area contributed by atoms with Crippen LogP contribution in [0.25, 0.3) is 0 Å². The molecule has 0 aromatic rings. The molecule has 1 fully saturated rings. The molecule has 0 aliphatic carbocycles. The van der Waals surface area contributed by atoms with Crippen LogP contribution in [0, 0.1) is 0 Å². The zero-order valence-corrected chi connectivity index (χ0v) is 6.41. The maximum atomic E-state index is 11.1. The van der Waals surface area contributed by atoms with E-state index in [1.54, 1.807) is 6.20 Å². The molecule has 64 valence electrons. The van der Waals surface area contributed by atoms with Gasteiger partial charge in [0.05, 0.1) is 0 Å². The lowest BCUT2D eigenvalue weighted by molar-refractivity contribution is 0.162. The van der Waals surface area contributed by atoms with E-state index in [0.717, 1.165) is 12.8 Å². The number of urea groups is 2. The molecule has 0 radical (unpaired) electrons. The van der Waals surface area contributed by atoms with E-state index >= 15 is 0 Å². The fraction of sp³-hybridized carbons (Fsp3) is 0.429. The van der Waals surface area contributed by atoms with Gasteiger partial charge < -0.3 is 5.32 Å². The number of hydrogen-bond donors (Lipinski definition) is 2. The van der Waals surface area contributed by atoms with E-state index in [2.05, 4.69) is 10.6 Å². The molecule has 2 N–H and O–H groups in total. The highest BCUT2D eigenvalue weighted by Gasteiger charge is 2.30. The Labute approximate surface area is 69.4 Å². The monoisotopic (exact) mass is 167 g/mol. The molecule has 2 rings (SSSR count). The predicted octanol–water partition coefficient (Wildman–Crippen LogP) is 0.355. The van der Waals surface area contributed by atoms with E-state index in [9.17, 15) is 9.59 Å². The van der Waals surface area contributed by atoms with E-state index in [4.69, 9.17) is 0 Å². The number of carbonyl (C=O) groups excluding carboxylic acids is 2. The van der Waals surface area contributed by atoms with Gasteiger partial charge in [-0.15, -0.1) is 0 Å². The van der Waals surface area contributed by atoms with Gasteiger partial charge in [-0.1, -0.05) is 6.08 Å². The molecule has 0 aromatic carbocycles. The predicted molar refractivity (Wildman–Crippen MR) is 41.1 cm³/mol. The molecule has 5 heteroatoms. The molecular formula is C7H9N3O2. The normalized spacial score (nSPS) is 27.7. The molecule has 1 unspecified atom stereocenters. The van der Waals surface area contributed by atoms with Crippen LogP contribution in [-0.4, -0.2) is 23.1 Å². The SMILES string of the molecule is O=C1NC(=O)N2C=CCCC2N1. The Bertz CT molecular complexity index is 261. The van der Waals surface area contributed by atoms with Crippen molar-refractivity contribution in [3.8, 4) is 0 Å². The van der Waals surface area contributed by atoms with Crippen LogP contribution in [0.15, 0.2) is 12.3 Å². The fourth-order valence-corrected chi connectivity index (χ4v) is 1.39. The molecule has 0 aromatic heterocycles. The van der Waals surface area contributed by atoms with Gasteiger partial charge in [0.1, 0.15) is 6.17 Å². The molecule has 2 aliphatic rings. The smallest absolute Gasteiger partial charge is 0.317 e. The second-order valence-electron chi connectivity index (χ2n) is 2.79. The van der Waals surface area contributed by atoms with Gasteiger partial charge in [0.2, 0.25) is 0 Å². The number of imide groups is 1. The first-order valence-corrected chi connectivity index (χ1v) is 3.84. The van der Waals surface area contributed by atoms with E-state index in [1.807, 2.05) is 6.08 Å². The van der Waals surface area contributed by atoms with Crippen molar-refractivity contribution in [2.24, 2.45) is 0 Å². The molecule has 0 bridgehead atoms. The Morgan fingerprint density at radius 3 is 3.17 bits per heavy atom. The average molecular weight is 167 g/mol. The number of rotatable bonds is 0. The van der Waals surface area contributed by atoms with E-state index < -0.39 is 6.03 Å². The average Bonchev–Trinajstić information content (AvgIpc) is 2.04. The van der Waals surface area contributed by atoms with Crippen LogP contribution < -0.4 is 10.6 Å². The Balaban J connectivity index is 2.20. The second kappa shape index (κ2) is 2.51. The summed E-state index contributed by atoms with van der Waals surface area (Å²) in [5.41, 5.74) is 0. The summed E-state index contributed by atoms with van der Waals surface area (Å²) in [5, 5.41) is 4.82. The zero-order chi connectivity index (χ0) is 8.55. The van der Waals surface area contributed by atoms with Crippen LogP contribution in [0.2, 0.25) is 0 Å². The summed E-state index contributed by atoms with van der Waals surface area (Å²) in [6.45, 7) is 0. The van der Waals surface area contributed by atoms with Gasteiger partial charge in [-0.2, -0.15) is 0 Å². The summed E-state index contributed by atoms with van der Waals surface area (Å²) in [5.74, 6) is 0. The molecular weight excluding hydrogens is 158 g/mol. The highest BCUT2D eigenvalue weighted by Crippen LogP contribution is 2.14. The topological polar surface area (TPSA) is 61.4 Å². The molecule has 0 spiro atoms. The first-order chi connectivity index (χ1) is 5.77. The van der Waals surface area contributed by atoms with Gasteiger partial charge in [0.25, 0.3) is 0 Å². The van der Waals surface area contributed by atoms with Gasteiger partial charge in [0.15, 0.2) is 0 Å². The van der Waals surface area contributed by atoms with Gasteiger partial charge in [-0.3, -0.25) is 10.2 Å². The summed E-state index contributed by atoms with van der Waals surface area (Å²) < 4.78 is 0. The minimum Gasteiger partial charge on any atom is -0.317 e. The Kier molecular flexibility index (Phi) is 1.49. The zero-order valence-electron chi connectivity index (χ0n) is 6.41. The minimum atomic E-state index is -0.406. The standard InChI is InChI=1S/C7H9N3O2/c11-6-8-5-3-1-2-4-10(5)7(12)9-6/h2,4-5H,1,3H2,(H2,8,9,11,12). The Morgan fingerprint density at radius 2 is 2.33 bits per heavy atom. The number of fused-ring (bicyclic) bond motifs is 1. The number of nitrogens with zero attached hydrogens (tertiary/aromatic N) is 1. The first kappa shape index (κ1) is 7.15. The van der Waals surface area contributed by atoms with E-state index in [0.29, 0.717) is 0 Å². The third kappa shape index (κ3) is 1.03. The van der Waals surface area contributed by atoms with E-state index in [1.165, 1.54) is 4.90 Å². The maximum Gasteiger partial charge on any atom is 0.331 e. The van der Waals surface area contributed by atoms with Gasteiger partial charge in [-0.25, -0.2) is 9.59 Å². The van der Waals surface area contributed by atoms with Gasteiger partial charge >= 0.3 is 12.1 Å². The van der Waals surface area contributed by atoms with Crippen molar-refractivity contribution in [3.63, 3.8) is 0 Å². The van der Waals surface area contributed by atoms with Crippen molar-refractivity contribution in [2.45, 2.75) is 19.0 Å². The lowest BCUT2D eigenvalue weighted by Crippen LogP contribution is -2.62. The summed E-state index contributed by atoms with van der Waals surface area (Å²) >= 11 is 0. The van der Waals surface area contributed by atoms with Gasteiger partial charge in [-0.05, 0) is 12.8 Å². The summed E-state index contributed by atoms with van der Waals surface area (Å²) in [6, 6.07) is -0.753. The van der Waals surface area contributed by atoms with Crippen LogP contribution in [0.5, 0.6) is 0 Å². The van der Waals surface area contributed by atoms with Crippen LogP contribution >= 0.6 is 0 Å². The summed E-state index contributed by atoms with van der Waals surface area (Å²) in [6.07, 6.45) is 5.14. The Morgan fingerprint density at radius 1 is 1.50 bits per heavy atom. The quantitative estimate of drug-likeness (QED) is 0.547. The largest absolute Gasteiger partial charge is 0.331 e. The molecule has 5 nitrogen and oxygen atoms in total. The summed E-state index contributed by atoms with van der Waals surface area (Å²) in [4.78, 5) is 23.5. The van der Waals surface area contributed by atoms with Gasteiger partial charge in [0, 0.05) is 6.20 Å².